The number of hydrogen-bond acceptors (Lipinski definition) is 9. The Kier molecular flexibility index (Phi) is 11.8. The summed E-state index contributed by atoms with van der Waals surface area (Å²) in [6.45, 7) is 2.77. The van der Waals surface area contributed by atoms with Gasteiger partial charge in [0, 0.05) is 50.5 Å². The van der Waals surface area contributed by atoms with Crippen molar-refractivity contribution in [1.29, 1.82) is 0 Å². The van der Waals surface area contributed by atoms with Crippen LogP contribution in [0.5, 0.6) is 5.75 Å². The van der Waals surface area contributed by atoms with Crippen LogP contribution >= 0.6 is 0 Å². The number of benzene rings is 2. The van der Waals surface area contributed by atoms with E-state index in [1.54, 1.807) is 43.3 Å². The molecular formula is C29H37N3O9. The first-order valence-electron chi connectivity index (χ1n) is 13.4. The van der Waals surface area contributed by atoms with E-state index in [4.69, 9.17) is 9.47 Å². The number of ether oxygens (including phenoxy) is 2. The minimum absolute atomic E-state index is 0.0284. The number of aliphatic hydroxyl groups excluding tert-OH is 3. The Morgan fingerprint density at radius 3 is 2.22 bits per heavy atom. The van der Waals surface area contributed by atoms with Gasteiger partial charge >= 0.3 is 0 Å². The van der Waals surface area contributed by atoms with Crippen molar-refractivity contribution < 1.29 is 44.0 Å². The largest absolute Gasteiger partial charge is 0.463 e. The fraction of sp³-hybridized carbons (Fsp3) is 0.448. The second-order valence-electron chi connectivity index (χ2n) is 9.65. The maximum absolute atomic E-state index is 12.6. The highest BCUT2D eigenvalue weighted by Crippen LogP contribution is 2.25. The first kappa shape index (κ1) is 31.7. The van der Waals surface area contributed by atoms with Crippen molar-refractivity contribution in [3.05, 3.63) is 60.2 Å². The number of rotatable bonds is 13. The third-order valence-electron chi connectivity index (χ3n) is 6.61. The highest BCUT2D eigenvalue weighted by molar-refractivity contribution is 5.96. The lowest BCUT2D eigenvalue weighted by Crippen LogP contribution is -2.65. The van der Waals surface area contributed by atoms with Gasteiger partial charge in [-0.2, -0.15) is 0 Å². The number of carbonyl (C=O) groups excluding carboxylic acids is 4. The van der Waals surface area contributed by atoms with Gasteiger partial charge in [-0.3, -0.25) is 19.2 Å². The van der Waals surface area contributed by atoms with E-state index in [0.29, 0.717) is 11.3 Å². The Morgan fingerprint density at radius 1 is 0.951 bits per heavy atom. The standard InChI is InChI=1S/C29H37N3O9/c1-3-25(37)32(15-13-22(35)19-7-5-4-6-8-19)16-14-24(36)31-20-9-11-21(12-10-20)40-29-26(30-18(2)34)28(39)27(38)23(17-33)41-29/h4-12,23,26-29,33,38-39H,3,13-17H2,1-2H3,(H,30,34)(H,31,36)/t23?,26?,27-,28+,29+/m0/s1. The second-order valence-corrected chi connectivity index (χ2v) is 9.65. The molecule has 222 valence electrons. The van der Waals surface area contributed by atoms with Crippen molar-refractivity contribution in [2.45, 2.75) is 63.8 Å². The third kappa shape index (κ3) is 9.08. The van der Waals surface area contributed by atoms with E-state index in [2.05, 4.69) is 10.6 Å². The van der Waals surface area contributed by atoms with E-state index < -0.39 is 43.2 Å². The Labute approximate surface area is 238 Å². The SMILES string of the molecule is CCC(=O)N(CCC(=O)Nc1ccc(O[C@@H]2OC(CO)[C@H](O)[C@H](O)C2NC(C)=O)cc1)CCC(=O)c1ccccc1. The van der Waals surface area contributed by atoms with E-state index in [1.807, 2.05) is 6.07 Å². The minimum atomic E-state index is -1.44. The molecule has 41 heavy (non-hydrogen) atoms. The van der Waals surface area contributed by atoms with Gasteiger partial charge in [-0.1, -0.05) is 37.3 Å². The normalized spacial score (nSPS) is 21.9. The van der Waals surface area contributed by atoms with Gasteiger partial charge in [0.05, 0.1) is 6.61 Å². The van der Waals surface area contributed by atoms with E-state index in [-0.39, 0.29) is 55.7 Å². The number of nitrogens with zero attached hydrogens (tertiary/aromatic N) is 1. The lowest BCUT2D eigenvalue weighted by atomic mass is 9.97. The lowest BCUT2D eigenvalue weighted by Gasteiger charge is -2.42. The van der Waals surface area contributed by atoms with Gasteiger partial charge in [0.15, 0.2) is 5.78 Å². The summed E-state index contributed by atoms with van der Waals surface area (Å²) in [4.78, 5) is 50.5. The lowest BCUT2D eigenvalue weighted by molar-refractivity contribution is -0.244. The molecule has 1 heterocycles. The topological polar surface area (TPSA) is 175 Å². The van der Waals surface area contributed by atoms with Crippen molar-refractivity contribution in [2.24, 2.45) is 0 Å². The van der Waals surface area contributed by atoms with Gasteiger partial charge in [0.25, 0.3) is 0 Å². The van der Waals surface area contributed by atoms with Crippen LogP contribution in [0.3, 0.4) is 0 Å². The fourth-order valence-electron chi connectivity index (χ4n) is 4.37. The Morgan fingerprint density at radius 2 is 1.61 bits per heavy atom. The molecule has 5 N–H and O–H groups in total. The number of anilines is 1. The van der Waals surface area contributed by atoms with Crippen LogP contribution in [0.1, 0.15) is 43.5 Å². The molecule has 1 fully saturated rings. The molecule has 0 aliphatic carbocycles. The molecule has 0 saturated carbocycles. The zero-order chi connectivity index (χ0) is 29.9. The molecular weight excluding hydrogens is 534 g/mol. The van der Waals surface area contributed by atoms with Gasteiger partial charge in [0.2, 0.25) is 24.0 Å². The van der Waals surface area contributed by atoms with Gasteiger partial charge in [0.1, 0.15) is 30.1 Å². The first-order chi connectivity index (χ1) is 19.6. The van der Waals surface area contributed by atoms with Crippen molar-refractivity contribution in [3.63, 3.8) is 0 Å². The summed E-state index contributed by atoms with van der Waals surface area (Å²) in [7, 11) is 0. The van der Waals surface area contributed by atoms with Gasteiger partial charge in [-0.15, -0.1) is 0 Å². The molecule has 1 saturated heterocycles. The monoisotopic (exact) mass is 571 g/mol. The maximum Gasteiger partial charge on any atom is 0.226 e. The zero-order valence-electron chi connectivity index (χ0n) is 23.1. The molecule has 2 aromatic carbocycles. The number of Topliss-reactive ketones (excluding diaryl/α,β-unsaturated/α-hetero) is 1. The predicted molar refractivity (Wildman–Crippen MR) is 148 cm³/mol. The molecule has 0 bridgehead atoms. The summed E-state index contributed by atoms with van der Waals surface area (Å²) in [5, 5.41) is 35.2. The van der Waals surface area contributed by atoms with Crippen LogP contribution in [0, 0.1) is 0 Å². The molecule has 0 radical (unpaired) electrons. The number of amides is 3. The quantitative estimate of drug-likeness (QED) is 0.218. The van der Waals surface area contributed by atoms with Crippen LogP contribution in [-0.4, -0.2) is 94.1 Å². The van der Waals surface area contributed by atoms with E-state index in [9.17, 15) is 34.5 Å². The molecule has 1 aliphatic rings. The Bertz CT molecular complexity index is 1180. The summed E-state index contributed by atoms with van der Waals surface area (Å²) < 4.78 is 11.3. The van der Waals surface area contributed by atoms with Crippen molar-refractivity contribution in [1.82, 2.24) is 10.2 Å². The summed E-state index contributed by atoms with van der Waals surface area (Å²) in [6, 6.07) is 14.0. The number of ketones is 1. The highest BCUT2D eigenvalue weighted by atomic mass is 16.7. The summed E-state index contributed by atoms with van der Waals surface area (Å²) in [5.74, 6) is -0.742. The number of nitrogens with one attached hydrogen (secondary N) is 2. The van der Waals surface area contributed by atoms with Crippen LogP contribution in [0.4, 0.5) is 5.69 Å². The van der Waals surface area contributed by atoms with Crippen molar-refractivity contribution in [2.75, 3.05) is 25.0 Å². The molecule has 3 amide bonds. The Hall–Kier alpha value is -3.84. The van der Waals surface area contributed by atoms with Crippen LogP contribution in [0.25, 0.3) is 0 Å². The van der Waals surface area contributed by atoms with Gasteiger partial charge < -0.3 is 40.3 Å². The molecule has 12 heteroatoms. The number of hydrogen-bond donors (Lipinski definition) is 5. The first-order valence-corrected chi connectivity index (χ1v) is 13.4. The second kappa shape index (κ2) is 15.2. The van der Waals surface area contributed by atoms with E-state index >= 15 is 0 Å². The molecule has 0 spiro atoms. The number of aliphatic hydroxyl groups is 3. The van der Waals surface area contributed by atoms with E-state index in [0.717, 1.165) is 0 Å². The molecule has 2 unspecified atom stereocenters. The summed E-state index contributed by atoms with van der Waals surface area (Å²) in [5.41, 5.74) is 1.03. The number of carbonyl (C=O) groups is 4. The molecule has 12 nitrogen and oxygen atoms in total. The molecule has 1 aliphatic heterocycles. The Balaban J connectivity index is 1.54. The summed E-state index contributed by atoms with van der Waals surface area (Å²) >= 11 is 0. The van der Waals surface area contributed by atoms with Crippen molar-refractivity contribution >= 4 is 29.2 Å². The molecule has 5 atom stereocenters. The third-order valence-corrected chi connectivity index (χ3v) is 6.61. The predicted octanol–water partition coefficient (Wildman–Crippen LogP) is 0.849. The molecule has 0 aromatic heterocycles. The average Bonchev–Trinajstić information content (AvgIpc) is 2.97. The minimum Gasteiger partial charge on any atom is -0.463 e. The van der Waals surface area contributed by atoms with Gasteiger partial charge in [-0.05, 0) is 24.3 Å². The zero-order valence-corrected chi connectivity index (χ0v) is 23.1. The van der Waals surface area contributed by atoms with Crippen LogP contribution < -0.4 is 15.4 Å². The smallest absolute Gasteiger partial charge is 0.226 e. The van der Waals surface area contributed by atoms with Crippen molar-refractivity contribution in [3.8, 4) is 5.75 Å². The fourth-order valence-corrected chi connectivity index (χ4v) is 4.37. The van der Waals surface area contributed by atoms with E-state index in [1.165, 1.54) is 24.0 Å². The van der Waals surface area contributed by atoms with Crippen LogP contribution in [0.2, 0.25) is 0 Å². The summed E-state index contributed by atoms with van der Waals surface area (Å²) in [6.07, 6.45) is -4.75. The van der Waals surface area contributed by atoms with Crippen LogP contribution in [0.15, 0.2) is 54.6 Å². The maximum atomic E-state index is 12.6. The van der Waals surface area contributed by atoms with Crippen LogP contribution in [-0.2, 0) is 19.1 Å². The van der Waals surface area contributed by atoms with Gasteiger partial charge in [-0.25, -0.2) is 0 Å². The molecule has 2 aromatic rings. The highest BCUT2D eigenvalue weighted by Gasteiger charge is 2.46. The average molecular weight is 572 g/mol. The molecule has 3 rings (SSSR count).